The minimum absolute atomic E-state index is 0.232. The van der Waals surface area contributed by atoms with Crippen LogP contribution < -0.4 is 5.32 Å². The summed E-state index contributed by atoms with van der Waals surface area (Å²) in [4.78, 5) is 11.7. The number of sulfonamides is 1. The first kappa shape index (κ1) is 13.5. The highest BCUT2D eigenvalue weighted by Gasteiger charge is 2.34. The second-order valence-corrected chi connectivity index (χ2v) is 7.41. The molecule has 1 aromatic rings. The van der Waals surface area contributed by atoms with E-state index in [4.69, 9.17) is 0 Å². The fourth-order valence-corrected chi connectivity index (χ4v) is 4.89. The number of aryl methyl sites for hydroxylation is 1. The summed E-state index contributed by atoms with van der Waals surface area (Å²) in [5.41, 5.74) is 0.922. The van der Waals surface area contributed by atoms with Gasteiger partial charge in [0.25, 0.3) is 10.0 Å². The SMILES string of the molecule is Cc1csc(S(=O)(=O)N2CCCNC(=O)[C@H]2C)c1. The molecule has 0 radical (unpaired) electrons. The van der Waals surface area contributed by atoms with Gasteiger partial charge in [-0.3, -0.25) is 4.79 Å². The van der Waals surface area contributed by atoms with Crippen LogP contribution >= 0.6 is 11.3 Å². The van der Waals surface area contributed by atoms with Crippen LogP contribution in [0.25, 0.3) is 0 Å². The minimum atomic E-state index is -3.56. The van der Waals surface area contributed by atoms with Crippen LogP contribution in [0.3, 0.4) is 0 Å². The van der Waals surface area contributed by atoms with Crippen molar-refractivity contribution in [1.82, 2.24) is 9.62 Å². The van der Waals surface area contributed by atoms with Gasteiger partial charge in [-0.2, -0.15) is 4.31 Å². The van der Waals surface area contributed by atoms with Gasteiger partial charge in [-0.05, 0) is 37.3 Å². The summed E-state index contributed by atoms with van der Waals surface area (Å²) in [7, 11) is -3.56. The molecule has 0 spiro atoms. The number of hydrogen-bond donors (Lipinski definition) is 1. The van der Waals surface area contributed by atoms with E-state index < -0.39 is 16.1 Å². The molecule has 1 amide bonds. The summed E-state index contributed by atoms with van der Waals surface area (Å²) >= 11 is 1.20. The zero-order valence-electron chi connectivity index (χ0n) is 10.3. The quantitative estimate of drug-likeness (QED) is 0.881. The van der Waals surface area contributed by atoms with Crippen molar-refractivity contribution in [2.75, 3.05) is 13.1 Å². The largest absolute Gasteiger partial charge is 0.355 e. The van der Waals surface area contributed by atoms with Gasteiger partial charge in [0, 0.05) is 13.1 Å². The maximum absolute atomic E-state index is 12.5. The third-order valence-corrected chi connectivity index (χ3v) is 6.44. The van der Waals surface area contributed by atoms with Crippen LogP contribution in [0, 0.1) is 6.92 Å². The summed E-state index contributed by atoms with van der Waals surface area (Å²) < 4.78 is 26.5. The molecule has 1 atom stereocenters. The Labute approximate surface area is 111 Å². The molecule has 0 aliphatic carbocycles. The van der Waals surface area contributed by atoms with E-state index in [2.05, 4.69) is 5.32 Å². The minimum Gasteiger partial charge on any atom is -0.355 e. The zero-order valence-corrected chi connectivity index (χ0v) is 12.0. The highest BCUT2D eigenvalue weighted by molar-refractivity contribution is 7.91. The van der Waals surface area contributed by atoms with Crippen LogP contribution in [0.1, 0.15) is 18.9 Å². The van der Waals surface area contributed by atoms with Crippen molar-refractivity contribution in [3.8, 4) is 0 Å². The summed E-state index contributed by atoms with van der Waals surface area (Å²) in [5, 5.41) is 4.51. The first-order valence-electron chi connectivity index (χ1n) is 5.77. The second-order valence-electron chi connectivity index (χ2n) is 4.38. The van der Waals surface area contributed by atoms with E-state index in [0.717, 1.165) is 5.56 Å². The fourth-order valence-electron chi connectivity index (χ4n) is 1.90. The molecule has 1 N–H and O–H groups in total. The highest BCUT2D eigenvalue weighted by Crippen LogP contribution is 2.25. The normalized spacial score (nSPS) is 22.6. The number of nitrogens with one attached hydrogen (secondary N) is 1. The van der Waals surface area contributed by atoms with Crippen LogP contribution in [0.15, 0.2) is 15.7 Å². The molecule has 18 heavy (non-hydrogen) atoms. The van der Waals surface area contributed by atoms with Gasteiger partial charge in [0.05, 0.1) is 0 Å². The molecule has 5 nitrogen and oxygen atoms in total. The lowest BCUT2D eigenvalue weighted by Gasteiger charge is -2.23. The number of nitrogens with zero attached hydrogens (tertiary/aromatic N) is 1. The molecule has 7 heteroatoms. The third-order valence-electron chi connectivity index (χ3n) is 2.94. The Balaban J connectivity index is 2.36. The summed E-state index contributed by atoms with van der Waals surface area (Å²) in [5.74, 6) is -0.232. The van der Waals surface area contributed by atoms with Crippen molar-refractivity contribution >= 4 is 27.3 Å². The fraction of sp³-hybridized carbons (Fsp3) is 0.545. The molecule has 1 aromatic heterocycles. The van der Waals surface area contributed by atoms with Crippen LogP contribution in [-0.4, -0.2) is 37.8 Å². The maximum atomic E-state index is 12.5. The number of carbonyl (C=O) groups excluding carboxylic acids is 1. The first-order chi connectivity index (χ1) is 8.43. The number of amides is 1. The van der Waals surface area contributed by atoms with Crippen molar-refractivity contribution in [3.05, 3.63) is 17.0 Å². The Morgan fingerprint density at radius 3 is 2.83 bits per heavy atom. The van der Waals surface area contributed by atoms with E-state index in [1.54, 1.807) is 18.4 Å². The van der Waals surface area contributed by atoms with Gasteiger partial charge >= 0.3 is 0 Å². The standard InChI is InChI=1S/C11H16N2O3S2/c1-8-6-10(17-7-8)18(15,16)13-5-3-4-12-11(14)9(13)2/h6-7,9H,3-5H2,1-2H3,(H,12,14)/t9-/m1/s1. The number of rotatable bonds is 2. The maximum Gasteiger partial charge on any atom is 0.253 e. The van der Waals surface area contributed by atoms with Crippen molar-refractivity contribution in [2.24, 2.45) is 0 Å². The molecule has 1 aliphatic rings. The summed E-state index contributed by atoms with van der Waals surface area (Å²) in [6, 6.07) is 0.995. The molecule has 2 heterocycles. The van der Waals surface area contributed by atoms with Gasteiger partial charge in [0.2, 0.25) is 5.91 Å². The van der Waals surface area contributed by atoms with Crippen LogP contribution in [0.5, 0.6) is 0 Å². The van der Waals surface area contributed by atoms with E-state index in [0.29, 0.717) is 23.7 Å². The predicted molar refractivity (Wildman–Crippen MR) is 70.0 cm³/mol. The van der Waals surface area contributed by atoms with E-state index in [-0.39, 0.29) is 5.91 Å². The Bertz CT molecular complexity index is 550. The van der Waals surface area contributed by atoms with Gasteiger partial charge in [0.1, 0.15) is 10.3 Å². The van der Waals surface area contributed by atoms with Crippen LogP contribution in [0.4, 0.5) is 0 Å². The average molecular weight is 288 g/mol. The topological polar surface area (TPSA) is 66.5 Å². The number of thiophene rings is 1. The van der Waals surface area contributed by atoms with Crippen LogP contribution in [0.2, 0.25) is 0 Å². The molecule has 0 aromatic carbocycles. The lowest BCUT2D eigenvalue weighted by atomic mass is 10.3. The molecule has 0 bridgehead atoms. The predicted octanol–water partition coefficient (Wildman–Crippen LogP) is 0.956. The van der Waals surface area contributed by atoms with Gasteiger partial charge in [-0.15, -0.1) is 11.3 Å². The van der Waals surface area contributed by atoms with Crippen molar-refractivity contribution in [1.29, 1.82) is 0 Å². The molecule has 2 rings (SSSR count). The molecule has 0 unspecified atom stereocenters. The van der Waals surface area contributed by atoms with E-state index in [1.165, 1.54) is 15.6 Å². The lowest BCUT2D eigenvalue weighted by Crippen LogP contribution is -2.44. The van der Waals surface area contributed by atoms with E-state index in [1.807, 2.05) is 6.92 Å². The Kier molecular flexibility index (Phi) is 3.74. The lowest BCUT2D eigenvalue weighted by molar-refractivity contribution is -0.123. The summed E-state index contributed by atoms with van der Waals surface area (Å²) in [6.45, 7) is 4.38. The van der Waals surface area contributed by atoms with Gasteiger partial charge in [-0.1, -0.05) is 0 Å². The monoisotopic (exact) mass is 288 g/mol. The van der Waals surface area contributed by atoms with Crippen molar-refractivity contribution in [2.45, 2.75) is 30.5 Å². The molecular formula is C11H16N2O3S2. The van der Waals surface area contributed by atoms with Gasteiger partial charge in [-0.25, -0.2) is 8.42 Å². The Morgan fingerprint density at radius 2 is 2.22 bits per heavy atom. The number of carbonyl (C=O) groups is 1. The van der Waals surface area contributed by atoms with Crippen molar-refractivity contribution in [3.63, 3.8) is 0 Å². The highest BCUT2D eigenvalue weighted by atomic mass is 32.2. The van der Waals surface area contributed by atoms with Gasteiger partial charge in [0.15, 0.2) is 0 Å². The van der Waals surface area contributed by atoms with E-state index >= 15 is 0 Å². The molecule has 0 saturated carbocycles. The smallest absolute Gasteiger partial charge is 0.253 e. The van der Waals surface area contributed by atoms with Crippen LogP contribution in [-0.2, 0) is 14.8 Å². The molecule has 1 fully saturated rings. The second kappa shape index (κ2) is 4.99. The molecule has 100 valence electrons. The van der Waals surface area contributed by atoms with E-state index in [9.17, 15) is 13.2 Å². The molecular weight excluding hydrogens is 272 g/mol. The molecule has 1 saturated heterocycles. The summed E-state index contributed by atoms with van der Waals surface area (Å²) in [6.07, 6.45) is 0.639. The average Bonchev–Trinajstić information content (AvgIpc) is 2.67. The Hall–Kier alpha value is -0.920. The number of hydrogen-bond acceptors (Lipinski definition) is 4. The third kappa shape index (κ3) is 2.43. The van der Waals surface area contributed by atoms with Crippen molar-refractivity contribution < 1.29 is 13.2 Å². The molecule has 1 aliphatic heterocycles. The zero-order chi connectivity index (χ0) is 13.3. The van der Waals surface area contributed by atoms with Gasteiger partial charge < -0.3 is 5.32 Å². The Morgan fingerprint density at radius 1 is 1.50 bits per heavy atom. The first-order valence-corrected chi connectivity index (χ1v) is 8.09.